The van der Waals surface area contributed by atoms with Gasteiger partial charge in [0.2, 0.25) is 0 Å². The van der Waals surface area contributed by atoms with Crippen LogP contribution in [0.4, 0.5) is 4.79 Å². The minimum atomic E-state index is -1.29. The summed E-state index contributed by atoms with van der Waals surface area (Å²) in [6, 6.07) is 2.48. The van der Waals surface area contributed by atoms with E-state index in [4.69, 9.17) is 16.7 Å². The van der Waals surface area contributed by atoms with Gasteiger partial charge >= 0.3 is 6.09 Å². The molecule has 0 aliphatic heterocycles. The molecule has 1 aromatic rings. The van der Waals surface area contributed by atoms with Gasteiger partial charge in [0.1, 0.15) is 6.04 Å². The maximum absolute atomic E-state index is 11.4. The van der Waals surface area contributed by atoms with Crippen molar-refractivity contribution in [3.63, 3.8) is 0 Å². The smallest absolute Gasteiger partial charge is 0.405 e. The Balaban J connectivity index is 2.54. The van der Waals surface area contributed by atoms with Gasteiger partial charge in [0, 0.05) is 12.4 Å². The fourth-order valence-electron chi connectivity index (χ4n) is 0.937. The molecule has 0 bridgehead atoms. The van der Waals surface area contributed by atoms with Gasteiger partial charge in [-0.15, -0.1) is 11.6 Å². The quantitative estimate of drug-likeness (QED) is 0.658. The molecule has 1 heterocycles. The number of nitrogens with zero attached hydrogens (tertiary/aromatic N) is 1. The molecule has 1 atom stereocenters. The second-order valence-corrected chi connectivity index (χ2v) is 3.03. The van der Waals surface area contributed by atoms with Crippen LogP contribution in [-0.4, -0.2) is 33.7 Å². The molecule has 1 aromatic heterocycles. The van der Waals surface area contributed by atoms with E-state index in [1.165, 1.54) is 4.68 Å². The van der Waals surface area contributed by atoms with Gasteiger partial charge in [0.15, 0.2) is 0 Å². The third-order valence-electron chi connectivity index (χ3n) is 1.61. The lowest BCUT2D eigenvalue weighted by atomic mass is 10.3. The van der Waals surface area contributed by atoms with E-state index in [1.54, 1.807) is 24.5 Å². The van der Waals surface area contributed by atoms with Crippen molar-refractivity contribution in [2.75, 3.05) is 11.3 Å². The molecule has 0 aliphatic rings. The number of amides is 2. The first-order chi connectivity index (χ1) is 7.13. The summed E-state index contributed by atoms with van der Waals surface area (Å²) in [5.74, 6) is -0.636. The number of alkyl halides is 1. The van der Waals surface area contributed by atoms with E-state index >= 15 is 0 Å². The predicted octanol–water partition coefficient (Wildman–Crippen LogP) is 0.433. The van der Waals surface area contributed by atoms with Gasteiger partial charge < -0.3 is 10.4 Å². The van der Waals surface area contributed by atoms with E-state index in [2.05, 4.69) is 5.43 Å². The predicted molar refractivity (Wildman–Crippen MR) is 54.5 cm³/mol. The van der Waals surface area contributed by atoms with Gasteiger partial charge in [-0.2, -0.15) is 0 Å². The monoisotopic (exact) mass is 231 g/mol. The summed E-state index contributed by atoms with van der Waals surface area (Å²) in [6.45, 7) is 0. The molecule has 0 radical (unpaired) electrons. The summed E-state index contributed by atoms with van der Waals surface area (Å²) in [7, 11) is 0. The highest BCUT2D eigenvalue weighted by molar-refractivity contribution is 6.20. The van der Waals surface area contributed by atoms with Crippen molar-refractivity contribution in [2.45, 2.75) is 6.04 Å². The van der Waals surface area contributed by atoms with Gasteiger partial charge in [-0.25, -0.2) is 4.79 Å². The highest BCUT2D eigenvalue weighted by atomic mass is 35.5. The van der Waals surface area contributed by atoms with Crippen LogP contribution in [0.2, 0.25) is 0 Å². The maximum Gasteiger partial charge on any atom is 0.405 e. The normalized spacial score (nSPS) is 11.8. The van der Waals surface area contributed by atoms with E-state index in [0.717, 1.165) is 0 Å². The van der Waals surface area contributed by atoms with Crippen LogP contribution in [0.3, 0.4) is 0 Å². The average molecular weight is 232 g/mol. The molecule has 82 valence electrons. The average Bonchev–Trinajstić information content (AvgIpc) is 2.66. The lowest BCUT2D eigenvalue weighted by Gasteiger charge is -2.14. The molecular formula is C8H10ClN3O3. The minimum absolute atomic E-state index is 0.126. The van der Waals surface area contributed by atoms with E-state index in [-0.39, 0.29) is 5.88 Å². The van der Waals surface area contributed by atoms with Crippen LogP contribution >= 0.6 is 11.6 Å². The SMILES string of the molecule is O=C(O)NC(CCl)C(=O)Nn1cccc1. The number of carbonyl (C=O) groups excluding carboxylic acids is 1. The first kappa shape index (κ1) is 11.4. The van der Waals surface area contributed by atoms with Crippen molar-refractivity contribution in [3.8, 4) is 0 Å². The number of hydrogen-bond acceptors (Lipinski definition) is 2. The molecule has 0 fully saturated rings. The van der Waals surface area contributed by atoms with Crippen LogP contribution in [0, 0.1) is 0 Å². The standard InChI is InChI=1S/C8H10ClN3O3/c9-5-6(10-8(14)15)7(13)11-12-3-1-2-4-12/h1-4,6,10H,5H2,(H,11,13)(H,14,15). The van der Waals surface area contributed by atoms with Crippen LogP contribution in [0.15, 0.2) is 24.5 Å². The molecular weight excluding hydrogens is 222 g/mol. The number of rotatable bonds is 4. The van der Waals surface area contributed by atoms with Crippen LogP contribution in [0.25, 0.3) is 0 Å². The van der Waals surface area contributed by atoms with Gasteiger partial charge in [-0.3, -0.25) is 14.9 Å². The summed E-state index contributed by atoms with van der Waals surface area (Å²) < 4.78 is 1.41. The van der Waals surface area contributed by atoms with Crippen molar-refractivity contribution >= 4 is 23.6 Å². The van der Waals surface area contributed by atoms with Crippen molar-refractivity contribution < 1.29 is 14.7 Å². The lowest BCUT2D eigenvalue weighted by molar-refractivity contribution is -0.118. The molecule has 0 saturated carbocycles. The summed E-state index contributed by atoms with van der Waals surface area (Å²) in [4.78, 5) is 21.8. The molecule has 0 spiro atoms. The zero-order chi connectivity index (χ0) is 11.3. The van der Waals surface area contributed by atoms with E-state index in [0.29, 0.717) is 0 Å². The van der Waals surface area contributed by atoms with Crippen molar-refractivity contribution in [2.24, 2.45) is 0 Å². The van der Waals surface area contributed by atoms with E-state index in [1.807, 2.05) is 5.32 Å². The topological polar surface area (TPSA) is 83.4 Å². The van der Waals surface area contributed by atoms with Gasteiger partial charge in [0.05, 0.1) is 5.88 Å². The Morgan fingerprint density at radius 2 is 2.00 bits per heavy atom. The van der Waals surface area contributed by atoms with Gasteiger partial charge in [-0.1, -0.05) is 0 Å². The number of carboxylic acid groups (broad SMARTS) is 1. The number of hydrogen-bond donors (Lipinski definition) is 3. The Kier molecular flexibility index (Phi) is 3.99. The zero-order valence-corrected chi connectivity index (χ0v) is 8.44. The van der Waals surface area contributed by atoms with E-state index in [9.17, 15) is 9.59 Å². The highest BCUT2D eigenvalue weighted by Crippen LogP contribution is 1.92. The Bertz CT molecular complexity index is 339. The number of nitrogens with one attached hydrogen (secondary N) is 2. The molecule has 1 unspecified atom stereocenters. The number of aromatic nitrogens is 1. The molecule has 0 aliphatic carbocycles. The largest absolute Gasteiger partial charge is 0.465 e. The first-order valence-corrected chi connectivity index (χ1v) is 4.66. The van der Waals surface area contributed by atoms with Crippen molar-refractivity contribution in [3.05, 3.63) is 24.5 Å². The molecule has 3 N–H and O–H groups in total. The van der Waals surface area contributed by atoms with Crippen LogP contribution in [0.1, 0.15) is 0 Å². The summed E-state index contributed by atoms with van der Waals surface area (Å²) in [6.07, 6.45) is 1.94. The molecule has 1 rings (SSSR count). The van der Waals surface area contributed by atoms with Gasteiger partial charge in [0.25, 0.3) is 5.91 Å². The summed E-state index contributed by atoms with van der Waals surface area (Å²) in [5, 5.41) is 10.4. The number of carbonyl (C=O) groups is 2. The zero-order valence-electron chi connectivity index (χ0n) is 7.68. The Hall–Kier alpha value is -1.69. The highest BCUT2D eigenvalue weighted by Gasteiger charge is 2.19. The second kappa shape index (κ2) is 5.26. The number of halogens is 1. The molecule has 0 aromatic carbocycles. The fourth-order valence-corrected chi connectivity index (χ4v) is 1.15. The van der Waals surface area contributed by atoms with Crippen molar-refractivity contribution in [1.82, 2.24) is 9.99 Å². The fraction of sp³-hybridized carbons (Fsp3) is 0.250. The lowest BCUT2D eigenvalue weighted by Crippen LogP contribution is -2.46. The van der Waals surface area contributed by atoms with Crippen molar-refractivity contribution in [1.29, 1.82) is 0 Å². The Labute approximate surface area is 90.8 Å². The second-order valence-electron chi connectivity index (χ2n) is 2.72. The third-order valence-corrected chi connectivity index (χ3v) is 1.92. The molecule has 7 heteroatoms. The summed E-state index contributed by atoms with van der Waals surface area (Å²) >= 11 is 5.45. The van der Waals surface area contributed by atoms with Gasteiger partial charge in [-0.05, 0) is 12.1 Å². The summed E-state index contributed by atoms with van der Waals surface area (Å²) in [5.41, 5.74) is 2.45. The van der Waals surface area contributed by atoms with E-state index < -0.39 is 18.0 Å². The molecule has 0 saturated heterocycles. The first-order valence-electron chi connectivity index (χ1n) is 4.12. The van der Waals surface area contributed by atoms with Crippen LogP contribution < -0.4 is 10.7 Å². The van der Waals surface area contributed by atoms with Crippen LogP contribution in [-0.2, 0) is 4.79 Å². The minimum Gasteiger partial charge on any atom is -0.465 e. The third kappa shape index (κ3) is 3.51. The molecule has 6 nitrogen and oxygen atoms in total. The van der Waals surface area contributed by atoms with Crippen LogP contribution in [0.5, 0.6) is 0 Å². The Morgan fingerprint density at radius 3 is 2.47 bits per heavy atom. The molecule has 15 heavy (non-hydrogen) atoms. The maximum atomic E-state index is 11.4. The molecule has 2 amide bonds. The Morgan fingerprint density at radius 1 is 1.40 bits per heavy atom.